The number of rotatable bonds is 6. The Hall–Kier alpha value is -2.62. The van der Waals surface area contributed by atoms with Crippen molar-refractivity contribution in [1.82, 2.24) is 0 Å². The number of ether oxygens (including phenoxy) is 1. The van der Waals surface area contributed by atoms with E-state index in [4.69, 9.17) is 10.00 Å². The highest BCUT2D eigenvalue weighted by atomic mass is 19.2. The van der Waals surface area contributed by atoms with Gasteiger partial charge in [0.1, 0.15) is 6.61 Å². The van der Waals surface area contributed by atoms with Crippen molar-refractivity contribution in [3.8, 4) is 6.07 Å². The van der Waals surface area contributed by atoms with Gasteiger partial charge in [-0.3, -0.25) is 4.79 Å². The molecule has 144 valence electrons. The lowest BCUT2D eigenvalue weighted by Gasteiger charge is -2.12. The van der Waals surface area contributed by atoms with Crippen molar-refractivity contribution in [2.24, 2.45) is 17.3 Å². The third-order valence-corrected chi connectivity index (χ3v) is 4.92. The molecule has 1 aromatic carbocycles. The Morgan fingerprint density at radius 1 is 1.19 bits per heavy atom. The number of esters is 1. The van der Waals surface area contributed by atoms with Crippen LogP contribution in [-0.4, -0.2) is 5.97 Å². The zero-order valence-corrected chi connectivity index (χ0v) is 15.2. The average molecular weight is 381 g/mol. The quantitative estimate of drug-likeness (QED) is 0.235. The molecule has 0 spiro atoms. The second kappa shape index (κ2) is 7.55. The van der Waals surface area contributed by atoms with Crippen LogP contribution in [0.1, 0.15) is 31.9 Å². The molecule has 1 fully saturated rings. The smallest absolute Gasteiger partial charge is 0.310 e. The summed E-state index contributed by atoms with van der Waals surface area (Å²) in [6.45, 7) is 7.52. The number of hydrogen-bond donors (Lipinski definition) is 0. The molecule has 2 unspecified atom stereocenters. The highest BCUT2D eigenvalue weighted by molar-refractivity contribution is 5.78. The molecule has 27 heavy (non-hydrogen) atoms. The van der Waals surface area contributed by atoms with E-state index in [1.807, 2.05) is 6.07 Å². The van der Waals surface area contributed by atoms with Crippen molar-refractivity contribution in [2.75, 3.05) is 0 Å². The molecule has 0 aliphatic heterocycles. The molecule has 1 aliphatic carbocycles. The van der Waals surface area contributed by atoms with Crippen molar-refractivity contribution >= 4 is 5.97 Å². The summed E-state index contributed by atoms with van der Waals surface area (Å²) in [5.41, 5.74) is -1.81. The van der Waals surface area contributed by atoms with Gasteiger partial charge in [-0.2, -0.15) is 5.26 Å². The first-order valence-corrected chi connectivity index (χ1v) is 8.27. The number of nitriles is 1. The highest BCUT2D eigenvalue weighted by Crippen LogP contribution is 2.59. The third-order valence-electron chi connectivity index (χ3n) is 4.92. The second-order valence-electron chi connectivity index (χ2n) is 7.10. The second-order valence-corrected chi connectivity index (χ2v) is 7.10. The molecule has 1 aliphatic rings. The molecule has 0 radical (unpaired) electrons. The lowest BCUT2D eigenvalue weighted by atomic mass is 10.1. The van der Waals surface area contributed by atoms with Gasteiger partial charge in [0.05, 0.1) is 17.6 Å². The van der Waals surface area contributed by atoms with Crippen molar-refractivity contribution in [1.29, 1.82) is 5.26 Å². The van der Waals surface area contributed by atoms with Crippen LogP contribution in [0, 0.1) is 51.9 Å². The maximum atomic E-state index is 14.1. The zero-order valence-electron chi connectivity index (χ0n) is 15.2. The number of nitrogens with zero attached hydrogens (tertiary/aromatic N) is 1. The van der Waals surface area contributed by atoms with Crippen LogP contribution in [0.5, 0.6) is 0 Å². The number of carbonyl (C=O) groups excluding carboxylic acids is 1. The van der Waals surface area contributed by atoms with E-state index in [0.717, 1.165) is 6.08 Å². The molecule has 0 bridgehead atoms. The fraction of sp³-hybridized carbons (Fsp3) is 0.400. The lowest BCUT2D eigenvalue weighted by Crippen LogP contribution is -2.14. The fourth-order valence-electron chi connectivity index (χ4n) is 3.15. The van der Waals surface area contributed by atoms with Crippen molar-refractivity contribution < 1.29 is 27.1 Å². The monoisotopic (exact) mass is 381 g/mol. The minimum absolute atomic E-state index is 0.261. The van der Waals surface area contributed by atoms with Gasteiger partial charge in [0, 0.05) is 11.1 Å². The van der Waals surface area contributed by atoms with Gasteiger partial charge >= 0.3 is 5.97 Å². The SMILES string of the molecule is C=CCc1c(F)c(F)c(COC(=O)C2C(C=C(C)C#N)C2(C)C)c(F)c1F. The molecule has 2 rings (SSSR count). The van der Waals surface area contributed by atoms with Gasteiger partial charge in [0.2, 0.25) is 0 Å². The molecular formula is C20H19F4NO2. The molecule has 0 N–H and O–H groups in total. The van der Waals surface area contributed by atoms with Crippen molar-refractivity contribution in [2.45, 2.75) is 33.8 Å². The van der Waals surface area contributed by atoms with E-state index in [-0.39, 0.29) is 12.3 Å². The van der Waals surface area contributed by atoms with Gasteiger partial charge in [-0.15, -0.1) is 6.58 Å². The Bertz CT molecular complexity index is 839. The zero-order chi connectivity index (χ0) is 20.5. The Kier molecular flexibility index (Phi) is 5.79. The van der Waals surface area contributed by atoms with E-state index in [2.05, 4.69) is 6.58 Å². The molecule has 2 atom stereocenters. The molecule has 0 amide bonds. The highest BCUT2D eigenvalue weighted by Gasteiger charge is 2.61. The number of hydrogen-bond acceptors (Lipinski definition) is 3. The third kappa shape index (κ3) is 3.75. The Balaban J connectivity index is 2.19. The van der Waals surface area contributed by atoms with Crippen LogP contribution < -0.4 is 0 Å². The molecule has 1 aromatic rings. The maximum absolute atomic E-state index is 14.1. The first kappa shape index (κ1) is 20.7. The summed E-state index contributed by atoms with van der Waals surface area (Å²) in [5.74, 6) is -7.86. The topological polar surface area (TPSA) is 50.1 Å². The Morgan fingerprint density at radius 3 is 2.19 bits per heavy atom. The van der Waals surface area contributed by atoms with Gasteiger partial charge in [0.25, 0.3) is 0 Å². The van der Waals surface area contributed by atoms with E-state index < -0.39 is 58.3 Å². The summed E-state index contributed by atoms with van der Waals surface area (Å²) in [6.07, 6.45) is 2.37. The van der Waals surface area contributed by atoms with E-state index in [1.54, 1.807) is 26.8 Å². The van der Waals surface area contributed by atoms with Crippen LogP contribution >= 0.6 is 0 Å². The van der Waals surface area contributed by atoms with Crippen LogP contribution in [0.3, 0.4) is 0 Å². The summed E-state index contributed by atoms with van der Waals surface area (Å²) >= 11 is 0. The van der Waals surface area contributed by atoms with E-state index in [0.29, 0.717) is 5.57 Å². The molecule has 7 heteroatoms. The normalized spacial score (nSPS) is 20.7. The van der Waals surface area contributed by atoms with Crippen molar-refractivity contribution in [3.05, 3.63) is 58.7 Å². The fourth-order valence-corrected chi connectivity index (χ4v) is 3.15. The lowest BCUT2D eigenvalue weighted by molar-refractivity contribution is -0.147. The first-order chi connectivity index (χ1) is 12.6. The minimum Gasteiger partial charge on any atom is -0.460 e. The van der Waals surface area contributed by atoms with Crippen LogP contribution in [-0.2, 0) is 22.6 Å². The molecule has 0 heterocycles. The van der Waals surface area contributed by atoms with Crippen LogP contribution in [0.15, 0.2) is 24.3 Å². The molecule has 1 saturated carbocycles. The largest absolute Gasteiger partial charge is 0.460 e. The standard InChI is InChI=1S/C20H19F4NO2/c1-5-6-11-15(21)17(23)12(18(24)16(11)22)9-27-19(26)14-13(20(14,3)4)7-10(2)8-25/h5,7,13-14H,1,6,9H2,2-4H3. The summed E-state index contributed by atoms with van der Waals surface area (Å²) < 4.78 is 61.0. The summed E-state index contributed by atoms with van der Waals surface area (Å²) in [6, 6.07) is 1.95. The van der Waals surface area contributed by atoms with Gasteiger partial charge in [-0.25, -0.2) is 17.6 Å². The predicted octanol–water partition coefficient (Wildman–Crippen LogP) is 4.76. The number of carbonyl (C=O) groups is 1. The molecule has 0 aromatic heterocycles. The van der Waals surface area contributed by atoms with E-state index in [9.17, 15) is 22.4 Å². The summed E-state index contributed by atoms with van der Waals surface area (Å²) in [4.78, 5) is 12.3. The van der Waals surface area contributed by atoms with Gasteiger partial charge in [0.15, 0.2) is 23.3 Å². The van der Waals surface area contributed by atoms with Crippen molar-refractivity contribution in [3.63, 3.8) is 0 Å². The minimum atomic E-state index is -1.59. The molecular weight excluding hydrogens is 362 g/mol. The van der Waals surface area contributed by atoms with Crippen LogP contribution in [0.4, 0.5) is 17.6 Å². The van der Waals surface area contributed by atoms with Gasteiger partial charge in [-0.1, -0.05) is 26.0 Å². The van der Waals surface area contributed by atoms with Gasteiger partial charge in [-0.05, 0) is 24.7 Å². The Morgan fingerprint density at radius 2 is 1.70 bits per heavy atom. The first-order valence-electron chi connectivity index (χ1n) is 8.27. The molecule has 3 nitrogen and oxygen atoms in total. The maximum Gasteiger partial charge on any atom is 0.310 e. The number of halogens is 4. The average Bonchev–Trinajstić information content (AvgIpc) is 3.16. The predicted molar refractivity (Wildman–Crippen MR) is 90.1 cm³/mol. The van der Waals surface area contributed by atoms with E-state index >= 15 is 0 Å². The van der Waals surface area contributed by atoms with Crippen LogP contribution in [0.25, 0.3) is 0 Å². The van der Waals surface area contributed by atoms with Gasteiger partial charge < -0.3 is 4.74 Å². The van der Waals surface area contributed by atoms with E-state index in [1.165, 1.54) is 0 Å². The Labute approximate surface area is 154 Å². The molecule has 0 saturated heterocycles. The summed E-state index contributed by atoms with van der Waals surface area (Å²) in [5, 5.41) is 8.84. The number of benzene rings is 1. The number of allylic oxidation sites excluding steroid dienone is 3. The summed E-state index contributed by atoms with van der Waals surface area (Å²) in [7, 11) is 0. The van der Waals surface area contributed by atoms with Crippen LogP contribution in [0.2, 0.25) is 0 Å².